The predicted octanol–water partition coefficient (Wildman–Crippen LogP) is 1.54. The Hall–Kier alpha value is -1.79. The van der Waals surface area contributed by atoms with Gasteiger partial charge in [0.2, 0.25) is 5.91 Å². The summed E-state index contributed by atoms with van der Waals surface area (Å²) in [5.41, 5.74) is 8.22. The van der Waals surface area contributed by atoms with Crippen molar-refractivity contribution in [1.29, 1.82) is 0 Å². The number of nitrogens with zero attached hydrogens (tertiary/aromatic N) is 2. The maximum Gasteiger partial charge on any atom is 0.242 e. The van der Waals surface area contributed by atoms with Gasteiger partial charge in [0, 0.05) is 32.2 Å². The molecule has 0 radical (unpaired) electrons. The van der Waals surface area contributed by atoms with Crippen molar-refractivity contribution in [2.24, 2.45) is 5.73 Å². The SMILES string of the molecule is COc1cc2c(cc1OC)CN(C1CCCN(C(=O)C3(N)CC3)C1)CC2. The Kier molecular flexibility index (Phi) is 4.57. The molecule has 2 aliphatic heterocycles. The van der Waals surface area contributed by atoms with Crippen LogP contribution in [0.2, 0.25) is 0 Å². The molecule has 1 aromatic rings. The van der Waals surface area contributed by atoms with Crippen LogP contribution in [-0.4, -0.2) is 61.1 Å². The fourth-order valence-electron chi connectivity index (χ4n) is 4.32. The normalized spacial score (nSPS) is 24.7. The molecule has 1 saturated carbocycles. The summed E-state index contributed by atoms with van der Waals surface area (Å²) in [7, 11) is 3.35. The highest BCUT2D eigenvalue weighted by Gasteiger charge is 2.49. The molecule has 1 atom stereocenters. The van der Waals surface area contributed by atoms with Crippen molar-refractivity contribution in [3.8, 4) is 11.5 Å². The zero-order valence-corrected chi connectivity index (χ0v) is 15.8. The zero-order valence-electron chi connectivity index (χ0n) is 15.8. The molecule has 2 N–H and O–H groups in total. The predicted molar refractivity (Wildman–Crippen MR) is 99.4 cm³/mol. The van der Waals surface area contributed by atoms with Crippen LogP contribution in [0.1, 0.15) is 36.8 Å². The molecule has 26 heavy (non-hydrogen) atoms. The van der Waals surface area contributed by atoms with E-state index >= 15 is 0 Å². The summed E-state index contributed by atoms with van der Waals surface area (Å²) in [4.78, 5) is 17.1. The summed E-state index contributed by atoms with van der Waals surface area (Å²) < 4.78 is 10.9. The van der Waals surface area contributed by atoms with Crippen molar-refractivity contribution < 1.29 is 14.3 Å². The van der Waals surface area contributed by atoms with Gasteiger partial charge in [-0.1, -0.05) is 0 Å². The molecule has 3 aliphatic rings. The van der Waals surface area contributed by atoms with Crippen molar-refractivity contribution >= 4 is 5.91 Å². The minimum atomic E-state index is -0.555. The van der Waals surface area contributed by atoms with Crippen molar-refractivity contribution in [2.75, 3.05) is 33.9 Å². The number of piperidine rings is 1. The highest BCUT2D eigenvalue weighted by Crippen LogP contribution is 2.36. The Morgan fingerprint density at radius 1 is 1.15 bits per heavy atom. The second-order valence-electron chi connectivity index (χ2n) is 7.90. The van der Waals surface area contributed by atoms with Crippen LogP contribution in [0.15, 0.2) is 12.1 Å². The first-order valence-corrected chi connectivity index (χ1v) is 9.60. The molecule has 2 heterocycles. The summed E-state index contributed by atoms with van der Waals surface area (Å²) in [5, 5.41) is 0. The summed E-state index contributed by atoms with van der Waals surface area (Å²) in [6.07, 6.45) is 4.88. The number of benzene rings is 1. The summed E-state index contributed by atoms with van der Waals surface area (Å²) in [5.74, 6) is 1.74. The van der Waals surface area contributed by atoms with Gasteiger partial charge < -0.3 is 20.1 Å². The molecule has 1 saturated heterocycles. The second-order valence-corrected chi connectivity index (χ2v) is 7.90. The van der Waals surface area contributed by atoms with Crippen LogP contribution in [0.5, 0.6) is 11.5 Å². The number of fused-ring (bicyclic) bond motifs is 1. The van der Waals surface area contributed by atoms with E-state index in [4.69, 9.17) is 15.2 Å². The third kappa shape index (κ3) is 3.16. The van der Waals surface area contributed by atoms with Gasteiger partial charge in [-0.3, -0.25) is 9.69 Å². The van der Waals surface area contributed by atoms with Gasteiger partial charge in [-0.05, 0) is 55.4 Å². The molecule has 142 valence electrons. The topological polar surface area (TPSA) is 68.0 Å². The molecular formula is C20H29N3O3. The Morgan fingerprint density at radius 3 is 2.50 bits per heavy atom. The van der Waals surface area contributed by atoms with Crippen LogP contribution < -0.4 is 15.2 Å². The first-order valence-electron chi connectivity index (χ1n) is 9.60. The summed E-state index contributed by atoms with van der Waals surface area (Å²) in [6, 6.07) is 4.62. The van der Waals surface area contributed by atoms with E-state index in [2.05, 4.69) is 17.0 Å². The Bertz CT molecular complexity index is 702. The maximum absolute atomic E-state index is 12.6. The van der Waals surface area contributed by atoms with E-state index in [0.29, 0.717) is 6.04 Å². The van der Waals surface area contributed by atoms with Crippen LogP contribution in [0.25, 0.3) is 0 Å². The largest absolute Gasteiger partial charge is 0.493 e. The fourth-order valence-corrected chi connectivity index (χ4v) is 4.32. The highest BCUT2D eigenvalue weighted by atomic mass is 16.5. The van der Waals surface area contributed by atoms with E-state index in [1.54, 1.807) is 14.2 Å². The number of carbonyl (C=O) groups excluding carboxylic acids is 1. The number of amides is 1. The third-order valence-electron chi connectivity index (χ3n) is 6.16. The van der Waals surface area contributed by atoms with Crippen molar-refractivity contribution in [2.45, 2.75) is 50.2 Å². The lowest BCUT2D eigenvalue weighted by atomic mass is 9.95. The molecular weight excluding hydrogens is 330 g/mol. The lowest BCUT2D eigenvalue weighted by Crippen LogP contribution is -2.55. The van der Waals surface area contributed by atoms with E-state index in [1.165, 1.54) is 11.1 Å². The second kappa shape index (κ2) is 6.74. The molecule has 6 nitrogen and oxygen atoms in total. The van der Waals surface area contributed by atoms with Gasteiger partial charge in [-0.25, -0.2) is 0 Å². The number of methoxy groups -OCH3 is 2. The van der Waals surface area contributed by atoms with Gasteiger partial charge in [0.1, 0.15) is 0 Å². The number of nitrogens with two attached hydrogens (primary N) is 1. The van der Waals surface area contributed by atoms with Crippen molar-refractivity contribution in [1.82, 2.24) is 9.80 Å². The van der Waals surface area contributed by atoms with Gasteiger partial charge in [0.15, 0.2) is 11.5 Å². The minimum absolute atomic E-state index is 0.158. The van der Waals surface area contributed by atoms with E-state index < -0.39 is 5.54 Å². The number of likely N-dealkylation sites (tertiary alicyclic amines) is 1. The van der Waals surface area contributed by atoms with Gasteiger partial charge in [-0.2, -0.15) is 0 Å². The van der Waals surface area contributed by atoms with E-state index in [-0.39, 0.29) is 5.91 Å². The molecule has 1 amide bonds. The van der Waals surface area contributed by atoms with Crippen molar-refractivity contribution in [3.05, 3.63) is 23.3 Å². The molecule has 1 unspecified atom stereocenters. The highest BCUT2D eigenvalue weighted by molar-refractivity contribution is 5.89. The Morgan fingerprint density at radius 2 is 1.85 bits per heavy atom. The van der Waals surface area contributed by atoms with Crippen LogP contribution >= 0.6 is 0 Å². The van der Waals surface area contributed by atoms with E-state index in [9.17, 15) is 4.79 Å². The molecule has 0 spiro atoms. The monoisotopic (exact) mass is 359 g/mol. The van der Waals surface area contributed by atoms with Crippen molar-refractivity contribution in [3.63, 3.8) is 0 Å². The molecule has 6 heteroatoms. The lowest BCUT2D eigenvalue weighted by Gasteiger charge is -2.42. The average molecular weight is 359 g/mol. The molecule has 2 fully saturated rings. The maximum atomic E-state index is 12.6. The summed E-state index contributed by atoms with van der Waals surface area (Å²) in [6.45, 7) is 3.57. The molecule has 1 aromatic carbocycles. The number of ether oxygens (including phenoxy) is 2. The van der Waals surface area contributed by atoms with Crippen LogP contribution in [0.4, 0.5) is 0 Å². The Labute approximate surface area is 155 Å². The number of hydrogen-bond donors (Lipinski definition) is 1. The van der Waals surface area contributed by atoms with Crippen LogP contribution in [0.3, 0.4) is 0 Å². The smallest absolute Gasteiger partial charge is 0.242 e. The number of hydrogen-bond acceptors (Lipinski definition) is 5. The first-order chi connectivity index (χ1) is 12.5. The van der Waals surface area contributed by atoms with Crippen LogP contribution in [0, 0.1) is 0 Å². The van der Waals surface area contributed by atoms with Gasteiger partial charge in [-0.15, -0.1) is 0 Å². The molecule has 0 bridgehead atoms. The molecule has 0 aromatic heterocycles. The zero-order chi connectivity index (χ0) is 18.3. The summed E-state index contributed by atoms with van der Waals surface area (Å²) >= 11 is 0. The van der Waals surface area contributed by atoms with Gasteiger partial charge in [0.05, 0.1) is 19.8 Å². The quantitative estimate of drug-likeness (QED) is 0.883. The fraction of sp³-hybridized carbons (Fsp3) is 0.650. The standard InChI is InChI=1S/C20H29N3O3/c1-25-17-10-14-5-9-22(12-15(14)11-18(17)26-2)16-4-3-8-23(13-16)19(24)20(21)6-7-20/h10-11,16H,3-9,12-13,21H2,1-2H3. The average Bonchev–Trinajstić information content (AvgIpc) is 3.44. The molecule has 4 rings (SSSR count). The first kappa shape index (κ1) is 17.6. The lowest BCUT2D eigenvalue weighted by molar-refractivity contribution is -0.135. The van der Waals surface area contributed by atoms with Gasteiger partial charge >= 0.3 is 0 Å². The molecule has 1 aliphatic carbocycles. The number of rotatable bonds is 4. The number of carbonyl (C=O) groups is 1. The van der Waals surface area contributed by atoms with Crippen LogP contribution in [-0.2, 0) is 17.8 Å². The van der Waals surface area contributed by atoms with Gasteiger partial charge in [0.25, 0.3) is 0 Å². The van der Waals surface area contributed by atoms with E-state index in [0.717, 1.165) is 69.8 Å². The Balaban J connectivity index is 1.47. The third-order valence-corrected chi connectivity index (χ3v) is 6.16. The van der Waals surface area contributed by atoms with E-state index in [1.807, 2.05) is 4.90 Å². The minimum Gasteiger partial charge on any atom is -0.493 e.